The molecular formula is C16H22ClNOS. The molecule has 0 radical (unpaired) electrons. The summed E-state index contributed by atoms with van der Waals surface area (Å²) < 4.78 is 5.67. The molecule has 110 valence electrons. The molecule has 2 nitrogen and oxygen atoms in total. The number of ether oxygens (including phenoxy) is 1. The highest BCUT2D eigenvalue weighted by atomic mass is 35.5. The second kappa shape index (κ2) is 7.17. The number of hydrogen-bond donors (Lipinski definition) is 1. The van der Waals surface area contributed by atoms with Crippen molar-refractivity contribution in [3.05, 3.63) is 28.8 Å². The molecular weight excluding hydrogens is 290 g/mol. The highest BCUT2D eigenvalue weighted by Gasteiger charge is 2.21. The van der Waals surface area contributed by atoms with E-state index < -0.39 is 0 Å². The first kappa shape index (κ1) is 14.7. The van der Waals surface area contributed by atoms with E-state index in [1.54, 1.807) is 0 Å². The van der Waals surface area contributed by atoms with Gasteiger partial charge in [-0.25, -0.2) is 0 Å². The van der Waals surface area contributed by atoms with Gasteiger partial charge in [-0.3, -0.25) is 0 Å². The zero-order valence-corrected chi connectivity index (χ0v) is 13.3. The molecule has 0 aromatic heterocycles. The Morgan fingerprint density at radius 3 is 3.05 bits per heavy atom. The van der Waals surface area contributed by atoms with Crippen LogP contribution in [-0.2, 0) is 4.74 Å². The quantitative estimate of drug-likeness (QED) is 0.759. The van der Waals surface area contributed by atoms with Gasteiger partial charge < -0.3 is 10.1 Å². The Balaban J connectivity index is 1.42. The van der Waals surface area contributed by atoms with Crippen LogP contribution in [-0.4, -0.2) is 25.5 Å². The van der Waals surface area contributed by atoms with Crippen LogP contribution in [0.2, 0.25) is 5.02 Å². The Bertz CT molecular complexity index is 450. The fraction of sp³-hybridized carbons (Fsp3) is 0.625. The maximum absolute atomic E-state index is 6.12. The van der Waals surface area contributed by atoms with Gasteiger partial charge in [0.1, 0.15) is 0 Å². The van der Waals surface area contributed by atoms with Crippen molar-refractivity contribution < 1.29 is 4.74 Å². The molecule has 4 heteroatoms. The zero-order valence-electron chi connectivity index (χ0n) is 11.7. The van der Waals surface area contributed by atoms with Crippen molar-refractivity contribution in [1.82, 2.24) is 5.32 Å². The van der Waals surface area contributed by atoms with E-state index in [1.165, 1.54) is 35.5 Å². The lowest BCUT2D eigenvalue weighted by Gasteiger charge is -2.26. The third-order valence-electron chi connectivity index (χ3n) is 3.92. The lowest BCUT2D eigenvalue weighted by molar-refractivity contribution is 0.121. The number of rotatable bonds is 7. The van der Waals surface area contributed by atoms with Crippen LogP contribution in [0.25, 0.3) is 0 Å². The van der Waals surface area contributed by atoms with Crippen LogP contribution < -0.4 is 5.32 Å². The first-order chi connectivity index (χ1) is 9.83. The molecule has 0 bridgehead atoms. The van der Waals surface area contributed by atoms with E-state index in [1.807, 2.05) is 17.8 Å². The summed E-state index contributed by atoms with van der Waals surface area (Å²) in [5.74, 6) is 2.05. The Morgan fingerprint density at radius 2 is 2.20 bits per heavy atom. The van der Waals surface area contributed by atoms with Crippen LogP contribution in [0.4, 0.5) is 0 Å². The molecule has 1 aromatic rings. The molecule has 1 saturated carbocycles. The number of fused-ring (bicyclic) bond motifs is 1. The van der Waals surface area contributed by atoms with Crippen LogP contribution in [0, 0.1) is 5.92 Å². The largest absolute Gasteiger partial charge is 0.381 e. The molecule has 1 aliphatic carbocycles. The number of thioether (sulfide) groups is 1. The second-order valence-electron chi connectivity index (χ2n) is 5.70. The highest BCUT2D eigenvalue weighted by molar-refractivity contribution is 7.99. The minimum absolute atomic E-state index is 0.452. The van der Waals surface area contributed by atoms with Gasteiger partial charge >= 0.3 is 0 Å². The summed E-state index contributed by atoms with van der Waals surface area (Å²) >= 11 is 8.06. The van der Waals surface area contributed by atoms with E-state index in [2.05, 4.69) is 17.4 Å². The van der Waals surface area contributed by atoms with Gasteiger partial charge in [-0.15, -0.1) is 11.8 Å². The molecule has 1 unspecified atom stereocenters. The summed E-state index contributed by atoms with van der Waals surface area (Å²) in [6.45, 7) is 2.87. The average molecular weight is 312 g/mol. The van der Waals surface area contributed by atoms with Crippen LogP contribution in [0.15, 0.2) is 23.1 Å². The SMILES string of the molecule is Clc1ccc2c(c1)C(NCCCOCC1CC1)CCS2. The number of benzene rings is 1. The maximum Gasteiger partial charge on any atom is 0.0494 e. The Morgan fingerprint density at radius 1 is 1.30 bits per heavy atom. The molecule has 1 aromatic carbocycles. The lowest BCUT2D eigenvalue weighted by atomic mass is 10.0. The van der Waals surface area contributed by atoms with Crippen LogP contribution >= 0.6 is 23.4 Å². The number of nitrogens with one attached hydrogen (secondary N) is 1. The topological polar surface area (TPSA) is 21.3 Å². The minimum atomic E-state index is 0.452. The van der Waals surface area contributed by atoms with Gasteiger partial charge in [0.15, 0.2) is 0 Å². The van der Waals surface area contributed by atoms with Crippen molar-refractivity contribution in [2.24, 2.45) is 5.92 Å². The van der Waals surface area contributed by atoms with E-state index in [-0.39, 0.29) is 0 Å². The smallest absolute Gasteiger partial charge is 0.0494 e. The molecule has 1 aliphatic heterocycles. The molecule has 1 N–H and O–H groups in total. The first-order valence-corrected chi connectivity index (χ1v) is 8.92. The highest BCUT2D eigenvalue weighted by Crippen LogP contribution is 2.37. The minimum Gasteiger partial charge on any atom is -0.381 e. The predicted octanol–water partition coefficient (Wildman–Crippen LogP) is 4.28. The van der Waals surface area contributed by atoms with E-state index in [0.717, 1.165) is 37.1 Å². The van der Waals surface area contributed by atoms with Gasteiger partial charge in [-0.05, 0) is 67.7 Å². The Labute approximate surface area is 130 Å². The van der Waals surface area contributed by atoms with Gasteiger partial charge in [-0.2, -0.15) is 0 Å². The van der Waals surface area contributed by atoms with E-state index in [0.29, 0.717) is 6.04 Å². The zero-order chi connectivity index (χ0) is 13.8. The third kappa shape index (κ3) is 4.14. The van der Waals surface area contributed by atoms with Crippen molar-refractivity contribution in [3.8, 4) is 0 Å². The monoisotopic (exact) mass is 311 g/mol. The van der Waals surface area contributed by atoms with Crippen molar-refractivity contribution >= 4 is 23.4 Å². The number of halogens is 1. The van der Waals surface area contributed by atoms with Crippen molar-refractivity contribution in [2.75, 3.05) is 25.5 Å². The van der Waals surface area contributed by atoms with Crippen molar-refractivity contribution in [2.45, 2.75) is 36.6 Å². The first-order valence-electron chi connectivity index (χ1n) is 7.56. The van der Waals surface area contributed by atoms with E-state index in [4.69, 9.17) is 16.3 Å². The summed E-state index contributed by atoms with van der Waals surface area (Å²) in [6, 6.07) is 6.70. The summed E-state index contributed by atoms with van der Waals surface area (Å²) in [7, 11) is 0. The van der Waals surface area contributed by atoms with Crippen LogP contribution in [0.1, 0.15) is 37.3 Å². The Hall–Kier alpha value is -0.220. The molecule has 0 saturated heterocycles. The lowest BCUT2D eigenvalue weighted by Crippen LogP contribution is -2.26. The summed E-state index contributed by atoms with van der Waals surface area (Å²) in [4.78, 5) is 1.38. The van der Waals surface area contributed by atoms with E-state index in [9.17, 15) is 0 Å². The predicted molar refractivity (Wildman–Crippen MR) is 85.7 cm³/mol. The molecule has 1 fully saturated rings. The number of hydrogen-bond acceptors (Lipinski definition) is 3. The van der Waals surface area contributed by atoms with Crippen molar-refractivity contribution in [1.29, 1.82) is 0 Å². The maximum atomic E-state index is 6.12. The fourth-order valence-corrected chi connectivity index (χ4v) is 3.85. The summed E-state index contributed by atoms with van der Waals surface area (Å²) in [6.07, 6.45) is 5.01. The normalized spacial score (nSPS) is 21.8. The molecule has 0 spiro atoms. The molecule has 2 aliphatic rings. The third-order valence-corrected chi connectivity index (χ3v) is 5.28. The van der Waals surface area contributed by atoms with Crippen molar-refractivity contribution in [3.63, 3.8) is 0 Å². The van der Waals surface area contributed by atoms with Crippen LogP contribution in [0.3, 0.4) is 0 Å². The summed E-state index contributed by atoms with van der Waals surface area (Å²) in [5, 5.41) is 4.50. The molecule has 0 amide bonds. The van der Waals surface area contributed by atoms with Gasteiger partial charge in [0.05, 0.1) is 0 Å². The second-order valence-corrected chi connectivity index (χ2v) is 7.27. The van der Waals surface area contributed by atoms with E-state index >= 15 is 0 Å². The van der Waals surface area contributed by atoms with Gasteiger partial charge in [-0.1, -0.05) is 11.6 Å². The molecule has 1 heterocycles. The van der Waals surface area contributed by atoms with Crippen LogP contribution in [0.5, 0.6) is 0 Å². The van der Waals surface area contributed by atoms with Gasteiger partial charge in [0, 0.05) is 29.2 Å². The standard InChI is InChI=1S/C16H22ClNOS/c17-13-4-5-16-14(10-13)15(6-9-20-16)18-7-1-8-19-11-12-2-3-12/h4-5,10,12,15,18H,1-3,6-9,11H2. The van der Waals surface area contributed by atoms with Gasteiger partial charge in [0.2, 0.25) is 0 Å². The molecule has 3 rings (SSSR count). The van der Waals surface area contributed by atoms with Gasteiger partial charge in [0.25, 0.3) is 0 Å². The average Bonchev–Trinajstić information content (AvgIpc) is 3.27. The Kier molecular flexibility index (Phi) is 5.27. The fourth-order valence-electron chi connectivity index (χ4n) is 2.56. The molecule has 1 atom stereocenters. The summed E-state index contributed by atoms with van der Waals surface area (Å²) in [5.41, 5.74) is 1.37. The molecule has 20 heavy (non-hydrogen) atoms.